The molecule has 0 saturated carbocycles. The third kappa shape index (κ3) is 6.25. The predicted octanol–water partition coefficient (Wildman–Crippen LogP) is 4.76. The van der Waals surface area contributed by atoms with Crippen LogP contribution in [0.1, 0.15) is 37.4 Å². The zero-order valence-electron chi connectivity index (χ0n) is 20.0. The molecule has 0 spiro atoms. The quantitative estimate of drug-likeness (QED) is 0.525. The molecule has 2 heterocycles. The molecule has 10 heteroatoms. The number of halogens is 3. The van der Waals surface area contributed by atoms with E-state index in [4.69, 9.17) is 22.1 Å². The minimum Gasteiger partial charge on any atom is -0.482 e. The average molecular weight is 521 g/mol. The summed E-state index contributed by atoms with van der Waals surface area (Å²) in [6.07, 6.45) is 1.92. The van der Waals surface area contributed by atoms with Crippen molar-refractivity contribution in [1.29, 1.82) is 0 Å². The van der Waals surface area contributed by atoms with Crippen molar-refractivity contribution >= 4 is 29.2 Å². The van der Waals surface area contributed by atoms with Crippen molar-refractivity contribution in [3.05, 3.63) is 58.9 Å². The summed E-state index contributed by atoms with van der Waals surface area (Å²) >= 11 is 5.97. The molecule has 0 radical (unpaired) electrons. The Morgan fingerprint density at radius 3 is 2.39 bits per heavy atom. The fraction of sp³-hybridized carbons (Fsp3) is 0.462. The summed E-state index contributed by atoms with van der Waals surface area (Å²) in [4.78, 5) is 28.2. The monoisotopic (exact) mass is 520 g/mol. The van der Waals surface area contributed by atoms with Crippen LogP contribution in [0.25, 0.3) is 0 Å². The summed E-state index contributed by atoms with van der Waals surface area (Å²) in [5.41, 5.74) is 5.28. The van der Waals surface area contributed by atoms with Crippen LogP contribution in [0.15, 0.2) is 42.5 Å². The van der Waals surface area contributed by atoms with E-state index in [0.717, 1.165) is 25.9 Å². The van der Waals surface area contributed by atoms with Crippen molar-refractivity contribution in [3.63, 3.8) is 0 Å². The zero-order chi connectivity index (χ0) is 25.7. The van der Waals surface area contributed by atoms with E-state index in [-0.39, 0.29) is 24.0 Å². The Labute approximate surface area is 214 Å². The Bertz CT molecular complexity index is 1070. The number of nitrogens with one attached hydrogen (secondary N) is 1. The molecule has 194 valence electrons. The van der Waals surface area contributed by atoms with Crippen LogP contribution in [0.2, 0.25) is 5.02 Å². The lowest BCUT2D eigenvalue weighted by Crippen LogP contribution is -2.50. The standard InChI is InChI=1S/C26H31ClF2N4O3/c27-19-5-8-22(21(15-19)31-25(30)35)36-16-23(34)33-13-9-26(10-14-33,17-32-11-1-2-12-32)24(29)18-3-6-20(28)7-4-18/h3-8,15,24H,1-2,9-14,16-17H2,(H3,30,31,35). The third-order valence-corrected chi connectivity index (χ3v) is 7.34. The first-order chi connectivity index (χ1) is 17.3. The Balaban J connectivity index is 1.41. The van der Waals surface area contributed by atoms with Crippen molar-refractivity contribution in [2.24, 2.45) is 11.1 Å². The summed E-state index contributed by atoms with van der Waals surface area (Å²) < 4.78 is 35.1. The van der Waals surface area contributed by atoms with Crippen LogP contribution < -0.4 is 15.8 Å². The largest absolute Gasteiger partial charge is 0.482 e. The molecule has 7 nitrogen and oxygen atoms in total. The van der Waals surface area contributed by atoms with E-state index in [2.05, 4.69) is 10.2 Å². The second-order valence-corrected chi connectivity index (χ2v) is 10.00. The van der Waals surface area contributed by atoms with Crippen molar-refractivity contribution in [1.82, 2.24) is 9.80 Å². The number of likely N-dealkylation sites (tertiary alicyclic amines) is 2. The van der Waals surface area contributed by atoms with Gasteiger partial charge in [0.1, 0.15) is 17.7 Å². The Morgan fingerprint density at radius 2 is 1.75 bits per heavy atom. The van der Waals surface area contributed by atoms with E-state index < -0.39 is 23.4 Å². The fourth-order valence-corrected chi connectivity index (χ4v) is 5.33. The lowest BCUT2D eigenvalue weighted by atomic mass is 9.71. The second-order valence-electron chi connectivity index (χ2n) is 9.56. The normalized spacial score (nSPS) is 18.6. The van der Waals surface area contributed by atoms with Gasteiger partial charge in [-0.1, -0.05) is 23.7 Å². The Kier molecular flexibility index (Phi) is 8.31. The molecule has 3 N–H and O–H groups in total. The molecule has 1 unspecified atom stereocenters. The molecule has 2 fully saturated rings. The summed E-state index contributed by atoms with van der Waals surface area (Å²) in [5, 5.41) is 2.81. The van der Waals surface area contributed by atoms with Crippen LogP contribution in [0.4, 0.5) is 19.3 Å². The fourth-order valence-electron chi connectivity index (χ4n) is 5.15. The first-order valence-corrected chi connectivity index (χ1v) is 12.5. The highest BCUT2D eigenvalue weighted by molar-refractivity contribution is 6.31. The predicted molar refractivity (Wildman–Crippen MR) is 134 cm³/mol. The Morgan fingerprint density at radius 1 is 1.08 bits per heavy atom. The zero-order valence-corrected chi connectivity index (χ0v) is 20.8. The van der Waals surface area contributed by atoms with Crippen LogP contribution >= 0.6 is 11.6 Å². The van der Waals surface area contributed by atoms with Crippen molar-refractivity contribution < 1.29 is 23.1 Å². The number of piperidine rings is 1. The minimum absolute atomic E-state index is 0.234. The second kappa shape index (κ2) is 11.4. The molecule has 1 atom stereocenters. The van der Waals surface area contributed by atoms with E-state index in [9.17, 15) is 14.0 Å². The van der Waals surface area contributed by atoms with Crippen LogP contribution in [-0.4, -0.2) is 61.1 Å². The highest BCUT2D eigenvalue weighted by Crippen LogP contribution is 2.46. The van der Waals surface area contributed by atoms with Gasteiger partial charge in [-0.2, -0.15) is 0 Å². The van der Waals surface area contributed by atoms with Crippen LogP contribution in [0.5, 0.6) is 5.75 Å². The van der Waals surface area contributed by atoms with Crippen molar-refractivity contribution in [2.75, 3.05) is 44.6 Å². The maximum atomic E-state index is 16.0. The molecule has 36 heavy (non-hydrogen) atoms. The smallest absolute Gasteiger partial charge is 0.316 e. The van der Waals surface area contributed by atoms with Gasteiger partial charge in [-0.3, -0.25) is 4.79 Å². The van der Waals surface area contributed by atoms with Gasteiger partial charge in [0, 0.05) is 30.1 Å². The number of rotatable bonds is 8. The van der Waals surface area contributed by atoms with Gasteiger partial charge >= 0.3 is 6.03 Å². The van der Waals surface area contributed by atoms with Gasteiger partial charge in [-0.25, -0.2) is 13.6 Å². The molecule has 0 bridgehead atoms. The first-order valence-electron chi connectivity index (χ1n) is 12.1. The van der Waals surface area contributed by atoms with E-state index in [0.29, 0.717) is 43.1 Å². The number of carbonyl (C=O) groups is 2. The SMILES string of the molecule is NC(=O)Nc1cc(Cl)ccc1OCC(=O)N1CCC(CN2CCCC2)(C(F)c2ccc(F)cc2)CC1. The van der Waals surface area contributed by atoms with E-state index in [1.807, 2.05) is 0 Å². The van der Waals surface area contributed by atoms with Gasteiger partial charge in [0.2, 0.25) is 0 Å². The van der Waals surface area contributed by atoms with Gasteiger partial charge in [-0.15, -0.1) is 0 Å². The van der Waals surface area contributed by atoms with Crippen molar-refractivity contribution in [2.45, 2.75) is 31.9 Å². The molecule has 0 aliphatic carbocycles. The molecule has 2 saturated heterocycles. The Hall–Kier alpha value is -2.91. The summed E-state index contributed by atoms with van der Waals surface area (Å²) in [6.45, 7) is 3.03. The van der Waals surface area contributed by atoms with Gasteiger partial charge < -0.3 is 25.6 Å². The van der Waals surface area contributed by atoms with Gasteiger partial charge in [0.15, 0.2) is 6.61 Å². The molecule has 2 aliphatic rings. The number of hydrogen-bond donors (Lipinski definition) is 2. The average Bonchev–Trinajstić information content (AvgIpc) is 3.36. The highest BCUT2D eigenvalue weighted by Gasteiger charge is 2.45. The van der Waals surface area contributed by atoms with E-state index >= 15 is 4.39 Å². The number of alkyl halides is 1. The minimum atomic E-state index is -1.26. The maximum absolute atomic E-state index is 16.0. The summed E-state index contributed by atoms with van der Waals surface area (Å²) in [7, 11) is 0. The van der Waals surface area contributed by atoms with Gasteiger partial charge in [0.05, 0.1) is 5.69 Å². The topological polar surface area (TPSA) is 87.9 Å². The number of nitrogens with zero attached hydrogens (tertiary/aromatic N) is 2. The summed E-state index contributed by atoms with van der Waals surface area (Å²) in [6, 6.07) is 9.45. The number of benzene rings is 2. The third-order valence-electron chi connectivity index (χ3n) is 7.10. The van der Waals surface area contributed by atoms with E-state index in [1.165, 1.54) is 30.3 Å². The van der Waals surface area contributed by atoms with E-state index in [1.54, 1.807) is 17.0 Å². The molecular formula is C26H31ClF2N4O3. The highest BCUT2D eigenvalue weighted by atomic mass is 35.5. The van der Waals surface area contributed by atoms with Crippen LogP contribution in [0.3, 0.4) is 0 Å². The number of carbonyl (C=O) groups excluding carboxylic acids is 2. The molecular weight excluding hydrogens is 490 g/mol. The summed E-state index contributed by atoms with van der Waals surface area (Å²) in [5.74, 6) is -0.358. The number of ether oxygens (including phenoxy) is 1. The molecule has 2 aromatic carbocycles. The molecule has 4 rings (SSSR count). The van der Waals surface area contributed by atoms with Crippen LogP contribution in [0, 0.1) is 11.2 Å². The molecule has 2 aromatic rings. The van der Waals surface area contributed by atoms with Gasteiger partial charge in [-0.05, 0) is 74.7 Å². The number of primary amides is 1. The maximum Gasteiger partial charge on any atom is 0.316 e. The first kappa shape index (κ1) is 26.2. The lowest BCUT2D eigenvalue weighted by molar-refractivity contribution is -0.137. The number of urea groups is 1. The molecule has 2 aliphatic heterocycles. The van der Waals surface area contributed by atoms with Crippen LogP contribution in [-0.2, 0) is 4.79 Å². The lowest BCUT2D eigenvalue weighted by Gasteiger charge is -2.45. The van der Waals surface area contributed by atoms with Crippen molar-refractivity contribution in [3.8, 4) is 5.75 Å². The number of amides is 3. The number of nitrogens with two attached hydrogens (primary N) is 1. The molecule has 3 amide bonds. The molecule has 0 aromatic heterocycles. The number of anilines is 1. The number of hydrogen-bond acceptors (Lipinski definition) is 4. The van der Waals surface area contributed by atoms with Gasteiger partial charge in [0.25, 0.3) is 5.91 Å².